The highest BCUT2D eigenvalue weighted by atomic mass is 16.3. The Bertz CT molecular complexity index is 662. The van der Waals surface area contributed by atoms with Crippen LogP contribution in [0.25, 0.3) is 10.9 Å². The Balaban J connectivity index is 1.61. The highest BCUT2D eigenvalue weighted by Gasteiger charge is 2.28. The Morgan fingerprint density at radius 2 is 2.18 bits per heavy atom. The van der Waals surface area contributed by atoms with Crippen molar-refractivity contribution in [3.05, 3.63) is 36.0 Å². The number of likely N-dealkylation sites (tertiary alicyclic amines) is 1. The van der Waals surface area contributed by atoms with Gasteiger partial charge >= 0.3 is 0 Å². The lowest BCUT2D eigenvalue weighted by Crippen LogP contribution is -2.43. The second kappa shape index (κ2) is 6.19. The van der Waals surface area contributed by atoms with E-state index in [4.69, 9.17) is 0 Å². The van der Waals surface area contributed by atoms with Gasteiger partial charge in [-0.15, -0.1) is 0 Å². The van der Waals surface area contributed by atoms with E-state index in [0.29, 0.717) is 12.2 Å². The van der Waals surface area contributed by atoms with Crippen LogP contribution in [-0.2, 0) is 4.79 Å². The molecule has 3 N–H and O–H groups in total. The molecule has 0 saturated carbocycles. The Labute approximate surface area is 128 Å². The molecule has 1 aliphatic rings. The summed E-state index contributed by atoms with van der Waals surface area (Å²) in [6.07, 6.45) is 1.71. The van der Waals surface area contributed by atoms with Gasteiger partial charge in [0.2, 0.25) is 5.91 Å². The van der Waals surface area contributed by atoms with E-state index in [2.05, 4.69) is 10.3 Å². The number of aliphatic hydroxyl groups excluding tert-OH is 1. The fourth-order valence-corrected chi connectivity index (χ4v) is 2.90. The molecule has 6 nitrogen and oxygen atoms in total. The molecule has 2 amide bonds. The van der Waals surface area contributed by atoms with Crippen LogP contribution in [0.15, 0.2) is 30.3 Å². The molecule has 0 radical (unpaired) electrons. The van der Waals surface area contributed by atoms with Gasteiger partial charge in [0.1, 0.15) is 5.69 Å². The van der Waals surface area contributed by atoms with Crippen molar-refractivity contribution in [1.29, 1.82) is 0 Å². The summed E-state index contributed by atoms with van der Waals surface area (Å²) in [5.74, 6) is -0.453. The second-order valence-electron chi connectivity index (χ2n) is 5.52. The predicted octanol–water partition coefficient (Wildman–Crippen LogP) is 0.881. The number of hydrogen-bond acceptors (Lipinski definition) is 3. The van der Waals surface area contributed by atoms with E-state index < -0.39 is 0 Å². The summed E-state index contributed by atoms with van der Waals surface area (Å²) in [5.41, 5.74) is 1.33. The summed E-state index contributed by atoms with van der Waals surface area (Å²) < 4.78 is 0. The quantitative estimate of drug-likeness (QED) is 0.783. The maximum absolute atomic E-state index is 12.1. The van der Waals surface area contributed by atoms with E-state index in [-0.39, 0.29) is 31.0 Å². The molecule has 0 spiro atoms. The third kappa shape index (κ3) is 2.82. The SMILES string of the molecule is O=C(NCC(=O)N1CCC[C@@H]1CO)c1cc2ccccc2[nH]1. The summed E-state index contributed by atoms with van der Waals surface area (Å²) in [5, 5.41) is 12.8. The van der Waals surface area contributed by atoms with E-state index in [0.717, 1.165) is 23.7 Å². The van der Waals surface area contributed by atoms with Gasteiger partial charge in [-0.2, -0.15) is 0 Å². The van der Waals surface area contributed by atoms with Crippen LogP contribution in [0, 0.1) is 0 Å². The first-order valence-electron chi connectivity index (χ1n) is 7.45. The number of aromatic amines is 1. The summed E-state index contributed by atoms with van der Waals surface area (Å²) >= 11 is 0. The summed E-state index contributed by atoms with van der Waals surface area (Å²) in [6, 6.07) is 9.27. The number of nitrogens with zero attached hydrogens (tertiary/aromatic N) is 1. The monoisotopic (exact) mass is 301 g/mol. The second-order valence-corrected chi connectivity index (χ2v) is 5.52. The number of benzene rings is 1. The topological polar surface area (TPSA) is 85.4 Å². The molecule has 0 aliphatic carbocycles. The lowest BCUT2D eigenvalue weighted by atomic mass is 10.2. The number of aromatic nitrogens is 1. The van der Waals surface area contributed by atoms with Gasteiger partial charge in [0.25, 0.3) is 5.91 Å². The third-order valence-electron chi connectivity index (χ3n) is 4.08. The van der Waals surface area contributed by atoms with Gasteiger partial charge in [0, 0.05) is 17.4 Å². The molecule has 2 heterocycles. The number of amides is 2. The largest absolute Gasteiger partial charge is 0.394 e. The highest BCUT2D eigenvalue weighted by Crippen LogP contribution is 2.17. The summed E-state index contributed by atoms with van der Waals surface area (Å²) in [7, 11) is 0. The minimum atomic E-state index is -0.302. The lowest BCUT2D eigenvalue weighted by Gasteiger charge is -2.23. The van der Waals surface area contributed by atoms with Crippen LogP contribution in [0.5, 0.6) is 0 Å². The van der Waals surface area contributed by atoms with Crippen molar-refractivity contribution in [1.82, 2.24) is 15.2 Å². The average Bonchev–Trinajstić information content (AvgIpc) is 3.17. The number of rotatable bonds is 4. The normalized spacial score (nSPS) is 17.9. The van der Waals surface area contributed by atoms with Crippen LogP contribution < -0.4 is 5.32 Å². The molecule has 1 atom stereocenters. The Hall–Kier alpha value is -2.34. The Morgan fingerprint density at radius 3 is 2.95 bits per heavy atom. The molecule has 1 aliphatic heterocycles. The molecule has 116 valence electrons. The molecular formula is C16H19N3O3. The molecule has 3 rings (SSSR count). The number of carbonyl (C=O) groups excluding carboxylic acids is 2. The maximum Gasteiger partial charge on any atom is 0.268 e. The summed E-state index contributed by atoms with van der Waals surface area (Å²) in [6.45, 7) is 0.568. The fourth-order valence-electron chi connectivity index (χ4n) is 2.90. The van der Waals surface area contributed by atoms with Gasteiger partial charge in [-0.05, 0) is 25.0 Å². The molecule has 1 aromatic heterocycles. The van der Waals surface area contributed by atoms with Gasteiger partial charge in [0.05, 0.1) is 19.2 Å². The zero-order chi connectivity index (χ0) is 15.5. The van der Waals surface area contributed by atoms with Crippen molar-refractivity contribution in [2.24, 2.45) is 0 Å². The number of fused-ring (bicyclic) bond motifs is 1. The van der Waals surface area contributed by atoms with Crippen molar-refractivity contribution in [3.63, 3.8) is 0 Å². The Morgan fingerprint density at radius 1 is 1.36 bits per heavy atom. The predicted molar refractivity (Wildman–Crippen MR) is 82.5 cm³/mol. The van der Waals surface area contributed by atoms with E-state index in [1.165, 1.54) is 0 Å². The number of H-pyrrole nitrogens is 1. The highest BCUT2D eigenvalue weighted by molar-refractivity contribution is 5.99. The number of nitrogens with one attached hydrogen (secondary N) is 2. The van der Waals surface area contributed by atoms with E-state index in [1.54, 1.807) is 11.0 Å². The molecule has 2 aromatic rings. The van der Waals surface area contributed by atoms with Gasteiger partial charge in [-0.25, -0.2) is 0 Å². The van der Waals surface area contributed by atoms with Crippen LogP contribution in [0.3, 0.4) is 0 Å². The van der Waals surface area contributed by atoms with Crippen molar-refractivity contribution in [3.8, 4) is 0 Å². The van der Waals surface area contributed by atoms with Crippen molar-refractivity contribution in [2.75, 3.05) is 19.7 Å². The van der Waals surface area contributed by atoms with Crippen molar-refractivity contribution < 1.29 is 14.7 Å². The van der Waals surface area contributed by atoms with Gasteiger partial charge in [0.15, 0.2) is 0 Å². The molecule has 0 bridgehead atoms. The van der Waals surface area contributed by atoms with Crippen LogP contribution in [0.2, 0.25) is 0 Å². The molecular weight excluding hydrogens is 282 g/mol. The van der Waals surface area contributed by atoms with E-state index in [1.807, 2.05) is 24.3 Å². The minimum absolute atomic E-state index is 0.0261. The van der Waals surface area contributed by atoms with Crippen molar-refractivity contribution in [2.45, 2.75) is 18.9 Å². The molecule has 1 aromatic carbocycles. The first kappa shape index (κ1) is 14.6. The zero-order valence-corrected chi connectivity index (χ0v) is 12.2. The first-order valence-corrected chi connectivity index (χ1v) is 7.45. The number of carbonyl (C=O) groups is 2. The lowest BCUT2D eigenvalue weighted by molar-refractivity contribution is -0.131. The molecule has 1 saturated heterocycles. The number of hydrogen-bond donors (Lipinski definition) is 3. The summed E-state index contributed by atoms with van der Waals surface area (Å²) in [4.78, 5) is 28.9. The first-order chi connectivity index (χ1) is 10.7. The van der Waals surface area contributed by atoms with Crippen LogP contribution in [0.4, 0.5) is 0 Å². The average molecular weight is 301 g/mol. The van der Waals surface area contributed by atoms with Crippen molar-refractivity contribution >= 4 is 22.7 Å². The van der Waals surface area contributed by atoms with Crippen LogP contribution in [-0.4, -0.2) is 52.5 Å². The molecule has 22 heavy (non-hydrogen) atoms. The van der Waals surface area contributed by atoms with Gasteiger partial charge < -0.3 is 20.3 Å². The zero-order valence-electron chi connectivity index (χ0n) is 12.2. The van der Waals surface area contributed by atoms with Crippen LogP contribution in [0.1, 0.15) is 23.3 Å². The van der Waals surface area contributed by atoms with Gasteiger partial charge in [-0.1, -0.05) is 18.2 Å². The smallest absolute Gasteiger partial charge is 0.268 e. The molecule has 6 heteroatoms. The Kier molecular flexibility index (Phi) is 4.11. The van der Waals surface area contributed by atoms with E-state index >= 15 is 0 Å². The number of aliphatic hydroxyl groups is 1. The fraction of sp³-hybridized carbons (Fsp3) is 0.375. The molecule has 0 unspecified atom stereocenters. The van der Waals surface area contributed by atoms with Crippen LogP contribution >= 0.6 is 0 Å². The molecule has 1 fully saturated rings. The maximum atomic E-state index is 12.1. The standard InChI is InChI=1S/C16H19N3O3/c20-10-12-5-3-7-19(12)15(21)9-17-16(22)14-8-11-4-1-2-6-13(11)18-14/h1-2,4,6,8,12,18,20H,3,5,7,9-10H2,(H,17,22)/t12-/m1/s1. The number of para-hydroxylation sites is 1. The van der Waals surface area contributed by atoms with E-state index in [9.17, 15) is 14.7 Å². The third-order valence-corrected chi connectivity index (χ3v) is 4.08. The van der Waals surface area contributed by atoms with Gasteiger partial charge in [-0.3, -0.25) is 9.59 Å². The minimum Gasteiger partial charge on any atom is -0.394 e.